The number of rotatable bonds is 8. The van der Waals surface area contributed by atoms with Crippen molar-refractivity contribution >= 4 is 17.7 Å². The van der Waals surface area contributed by atoms with E-state index in [2.05, 4.69) is 0 Å². The Labute approximate surface area is 165 Å². The molecule has 1 N–H and O–H groups in total. The van der Waals surface area contributed by atoms with Crippen molar-refractivity contribution in [2.45, 2.75) is 33.2 Å². The molecule has 28 heavy (non-hydrogen) atoms. The van der Waals surface area contributed by atoms with Crippen LogP contribution < -0.4 is 4.74 Å². The van der Waals surface area contributed by atoms with Crippen LogP contribution in [0.3, 0.4) is 0 Å². The van der Waals surface area contributed by atoms with Crippen molar-refractivity contribution in [3.63, 3.8) is 0 Å². The van der Waals surface area contributed by atoms with Gasteiger partial charge in [0.15, 0.2) is 11.5 Å². The molecule has 1 atom stereocenters. The van der Waals surface area contributed by atoms with E-state index in [1.54, 1.807) is 24.3 Å². The summed E-state index contributed by atoms with van der Waals surface area (Å²) in [7, 11) is 3.77. The van der Waals surface area contributed by atoms with Crippen LogP contribution >= 0.6 is 0 Å². The summed E-state index contributed by atoms with van der Waals surface area (Å²) >= 11 is 0. The number of ether oxygens (including phenoxy) is 1. The van der Waals surface area contributed by atoms with Crippen molar-refractivity contribution in [2.24, 2.45) is 5.92 Å². The molecule has 0 aromatic heterocycles. The first kappa shape index (κ1) is 21.6. The maximum absolute atomic E-state index is 12.8. The van der Waals surface area contributed by atoms with E-state index in [0.717, 1.165) is 0 Å². The third-order valence-electron chi connectivity index (χ3n) is 4.42. The summed E-state index contributed by atoms with van der Waals surface area (Å²) in [5.74, 6) is -1.35. The molecule has 7 heteroatoms. The van der Waals surface area contributed by atoms with Crippen LogP contribution in [-0.4, -0.2) is 59.8 Å². The van der Waals surface area contributed by atoms with Crippen molar-refractivity contribution in [3.05, 3.63) is 41.2 Å². The molecule has 1 aromatic carbocycles. The molecule has 0 aliphatic carbocycles. The van der Waals surface area contributed by atoms with E-state index in [1.807, 2.05) is 32.8 Å². The average Bonchev–Trinajstić information content (AvgIpc) is 2.83. The number of likely N-dealkylation sites (N-methyl/N-ethyl adjacent to an activating group) is 1. The van der Waals surface area contributed by atoms with Gasteiger partial charge < -0.3 is 19.6 Å². The molecule has 1 aromatic rings. The SMILES string of the molecule is CC(=O)Oc1cccc(C2C(C(=O)CC(C)C)=C(O)C(=O)N2CCN(C)C)c1. The molecule has 1 aliphatic rings. The topological polar surface area (TPSA) is 87.2 Å². The van der Waals surface area contributed by atoms with E-state index >= 15 is 0 Å². The summed E-state index contributed by atoms with van der Waals surface area (Å²) < 4.78 is 5.15. The molecule has 1 aliphatic heterocycles. The minimum absolute atomic E-state index is 0.0896. The van der Waals surface area contributed by atoms with Crippen molar-refractivity contribution in [2.75, 3.05) is 27.2 Å². The second kappa shape index (κ2) is 9.01. The van der Waals surface area contributed by atoms with Crippen molar-refractivity contribution in [3.8, 4) is 5.75 Å². The zero-order chi connectivity index (χ0) is 21.0. The molecule has 0 bridgehead atoms. The van der Waals surface area contributed by atoms with Crippen LogP contribution in [0.15, 0.2) is 35.6 Å². The number of nitrogens with zero attached hydrogens (tertiary/aromatic N) is 2. The first-order chi connectivity index (χ1) is 13.1. The Morgan fingerprint density at radius 3 is 2.54 bits per heavy atom. The third kappa shape index (κ3) is 4.98. The number of carbonyl (C=O) groups excluding carboxylic acids is 3. The molecular formula is C21H28N2O5. The highest BCUT2D eigenvalue weighted by molar-refractivity contribution is 6.09. The fraction of sp³-hybridized carbons (Fsp3) is 0.476. The highest BCUT2D eigenvalue weighted by atomic mass is 16.5. The fourth-order valence-corrected chi connectivity index (χ4v) is 3.22. The summed E-state index contributed by atoms with van der Waals surface area (Å²) in [5, 5.41) is 10.5. The second-order valence-corrected chi connectivity index (χ2v) is 7.65. The molecule has 0 fully saturated rings. The van der Waals surface area contributed by atoms with Gasteiger partial charge in [0, 0.05) is 26.4 Å². The summed E-state index contributed by atoms with van der Waals surface area (Å²) in [6.45, 7) is 6.04. The lowest BCUT2D eigenvalue weighted by Crippen LogP contribution is -2.36. The minimum atomic E-state index is -0.714. The molecule has 1 amide bonds. The van der Waals surface area contributed by atoms with Crippen molar-refractivity contribution in [1.82, 2.24) is 9.80 Å². The number of hydrogen-bond donors (Lipinski definition) is 1. The molecule has 7 nitrogen and oxygen atoms in total. The molecule has 1 heterocycles. The first-order valence-electron chi connectivity index (χ1n) is 9.32. The summed E-state index contributed by atoms with van der Waals surface area (Å²) in [4.78, 5) is 40.3. The highest BCUT2D eigenvalue weighted by Crippen LogP contribution is 2.39. The molecule has 0 spiro atoms. The standard InChI is InChI=1S/C21H28N2O5/c1-13(2)11-17(25)18-19(15-7-6-8-16(12-15)28-14(3)24)23(10-9-22(4)5)21(27)20(18)26/h6-8,12-13,19,26H,9-11H2,1-5H3. The quantitative estimate of drug-likeness (QED) is 0.544. The van der Waals surface area contributed by atoms with Gasteiger partial charge in [-0.1, -0.05) is 26.0 Å². The monoisotopic (exact) mass is 388 g/mol. The van der Waals surface area contributed by atoms with E-state index in [1.165, 1.54) is 11.8 Å². The van der Waals surface area contributed by atoms with Crippen LogP contribution in [0.25, 0.3) is 0 Å². The second-order valence-electron chi connectivity index (χ2n) is 7.65. The molecule has 2 rings (SSSR count). The number of esters is 1. The lowest BCUT2D eigenvalue weighted by molar-refractivity contribution is -0.132. The lowest BCUT2D eigenvalue weighted by atomic mass is 9.92. The van der Waals surface area contributed by atoms with Crippen LogP contribution in [0.4, 0.5) is 0 Å². The van der Waals surface area contributed by atoms with Crippen molar-refractivity contribution < 1.29 is 24.2 Å². The number of hydrogen-bond acceptors (Lipinski definition) is 6. The minimum Gasteiger partial charge on any atom is -0.503 e. The van der Waals surface area contributed by atoms with E-state index in [-0.39, 0.29) is 23.7 Å². The molecule has 0 radical (unpaired) electrons. The van der Waals surface area contributed by atoms with Gasteiger partial charge in [-0.2, -0.15) is 0 Å². The fourth-order valence-electron chi connectivity index (χ4n) is 3.22. The van der Waals surface area contributed by atoms with Gasteiger partial charge >= 0.3 is 5.97 Å². The highest BCUT2D eigenvalue weighted by Gasteiger charge is 2.43. The van der Waals surface area contributed by atoms with E-state index < -0.39 is 23.7 Å². The van der Waals surface area contributed by atoms with Gasteiger partial charge in [0.1, 0.15) is 5.75 Å². The average molecular weight is 388 g/mol. The van der Waals surface area contributed by atoms with Crippen LogP contribution in [0.2, 0.25) is 0 Å². The summed E-state index contributed by atoms with van der Waals surface area (Å²) in [5.41, 5.74) is 0.722. The number of benzene rings is 1. The van der Waals surface area contributed by atoms with Gasteiger partial charge in [-0.05, 0) is 37.7 Å². The number of Topliss-reactive ketones (excluding diaryl/α,β-unsaturated/α-hetero) is 1. The zero-order valence-corrected chi connectivity index (χ0v) is 17.1. The Balaban J connectivity index is 2.49. The third-order valence-corrected chi connectivity index (χ3v) is 4.42. The van der Waals surface area contributed by atoms with Crippen LogP contribution in [0.5, 0.6) is 5.75 Å². The first-order valence-corrected chi connectivity index (χ1v) is 9.32. The van der Waals surface area contributed by atoms with Gasteiger partial charge in [-0.25, -0.2) is 0 Å². The van der Waals surface area contributed by atoms with Crippen LogP contribution in [0, 0.1) is 5.92 Å². The van der Waals surface area contributed by atoms with Crippen molar-refractivity contribution in [1.29, 1.82) is 0 Å². The molecule has 0 saturated carbocycles. The largest absolute Gasteiger partial charge is 0.503 e. The van der Waals surface area contributed by atoms with Crippen LogP contribution in [-0.2, 0) is 14.4 Å². The van der Waals surface area contributed by atoms with Gasteiger partial charge in [0.25, 0.3) is 5.91 Å². The Morgan fingerprint density at radius 2 is 1.96 bits per heavy atom. The normalized spacial score (nSPS) is 17.0. The van der Waals surface area contributed by atoms with Crippen LogP contribution in [0.1, 0.15) is 38.8 Å². The predicted octanol–water partition coefficient (Wildman–Crippen LogP) is 2.48. The molecule has 1 unspecified atom stereocenters. The van der Waals surface area contributed by atoms with Gasteiger partial charge in [-0.15, -0.1) is 0 Å². The van der Waals surface area contributed by atoms with E-state index in [4.69, 9.17) is 4.74 Å². The number of ketones is 1. The van der Waals surface area contributed by atoms with Gasteiger partial charge in [-0.3, -0.25) is 14.4 Å². The summed E-state index contributed by atoms with van der Waals surface area (Å²) in [6.07, 6.45) is 0.230. The smallest absolute Gasteiger partial charge is 0.308 e. The van der Waals surface area contributed by atoms with E-state index in [9.17, 15) is 19.5 Å². The van der Waals surface area contributed by atoms with E-state index in [0.29, 0.717) is 24.4 Å². The molecule has 0 saturated heterocycles. The number of aliphatic hydroxyl groups is 1. The lowest BCUT2D eigenvalue weighted by Gasteiger charge is -2.28. The van der Waals surface area contributed by atoms with Gasteiger partial charge in [0.2, 0.25) is 0 Å². The number of carbonyl (C=O) groups is 3. The summed E-state index contributed by atoms with van der Waals surface area (Å²) in [6, 6.07) is 6.00. The Bertz CT molecular complexity index is 798. The number of aliphatic hydroxyl groups excluding tert-OH is 1. The maximum Gasteiger partial charge on any atom is 0.308 e. The number of amides is 1. The Hall–Kier alpha value is -2.67. The Kier molecular flexibility index (Phi) is 6.96. The Morgan fingerprint density at radius 1 is 1.29 bits per heavy atom. The van der Waals surface area contributed by atoms with Gasteiger partial charge in [0.05, 0.1) is 11.6 Å². The molecular weight excluding hydrogens is 360 g/mol. The maximum atomic E-state index is 12.8. The predicted molar refractivity (Wildman–Crippen MR) is 105 cm³/mol. The zero-order valence-electron chi connectivity index (χ0n) is 17.1. The molecule has 152 valence electrons.